The fourth-order valence-corrected chi connectivity index (χ4v) is 4.54. The Labute approximate surface area is 210 Å². The monoisotopic (exact) mass is 549 g/mol. The first-order valence-electron chi connectivity index (χ1n) is 10.4. The molecule has 0 aromatic heterocycles. The van der Waals surface area contributed by atoms with Crippen LogP contribution in [0.3, 0.4) is 0 Å². The number of carbonyl (C=O) groups excluding carboxylic acids is 1. The summed E-state index contributed by atoms with van der Waals surface area (Å²) in [6.45, 7) is 0.833. The molecule has 1 unspecified atom stereocenters. The van der Waals surface area contributed by atoms with E-state index in [1.54, 1.807) is 18.2 Å². The largest absolute Gasteiger partial charge is 0.435 e. The van der Waals surface area contributed by atoms with Crippen LogP contribution in [0.5, 0.6) is 0 Å². The number of amides is 1. The van der Waals surface area contributed by atoms with E-state index in [-0.39, 0.29) is 35.6 Å². The molecule has 190 valence electrons. The van der Waals surface area contributed by atoms with Gasteiger partial charge in [0.2, 0.25) is 5.91 Å². The molecule has 2 aromatic carbocycles. The van der Waals surface area contributed by atoms with E-state index in [1.807, 2.05) is 0 Å². The molecule has 13 heteroatoms. The number of halogens is 8. The molecule has 0 N–H and O–H groups in total. The van der Waals surface area contributed by atoms with Crippen molar-refractivity contribution in [3.05, 3.63) is 68.7 Å². The van der Waals surface area contributed by atoms with E-state index < -0.39 is 45.5 Å². The molecule has 1 amide bonds. The third-order valence-electron chi connectivity index (χ3n) is 6.17. The molecular weight excluding hydrogens is 535 g/mol. The number of benzene rings is 2. The van der Waals surface area contributed by atoms with Crippen molar-refractivity contribution in [1.82, 2.24) is 4.90 Å². The topological polar surface area (TPSA) is 65.7 Å². The summed E-state index contributed by atoms with van der Waals surface area (Å²) in [6, 6.07) is 9.16. The Kier molecular flexibility index (Phi) is 6.64. The lowest BCUT2D eigenvalue weighted by atomic mass is 9.85. The van der Waals surface area contributed by atoms with Gasteiger partial charge in [0.05, 0.1) is 27.4 Å². The van der Waals surface area contributed by atoms with E-state index in [2.05, 4.69) is 5.16 Å². The van der Waals surface area contributed by atoms with Crippen LogP contribution in [0.1, 0.15) is 41.0 Å². The van der Waals surface area contributed by atoms with Crippen LogP contribution >= 0.6 is 23.2 Å². The molecular formula is C23H15Cl2F6N3O2. The molecule has 1 saturated heterocycles. The highest BCUT2D eigenvalue weighted by molar-refractivity contribution is 6.42. The molecule has 0 radical (unpaired) electrons. The number of hydrogen-bond donors (Lipinski definition) is 0. The highest BCUT2D eigenvalue weighted by Gasteiger charge is 2.63. The molecule has 0 bridgehead atoms. The molecule has 2 aliphatic rings. The predicted molar refractivity (Wildman–Crippen MR) is 117 cm³/mol. The maximum absolute atomic E-state index is 14.2. The van der Waals surface area contributed by atoms with Gasteiger partial charge in [-0.05, 0) is 23.3 Å². The second-order valence-corrected chi connectivity index (χ2v) is 9.19. The van der Waals surface area contributed by atoms with Crippen molar-refractivity contribution >= 4 is 34.8 Å². The highest BCUT2D eigenvalue weighted by atomic mass is 35.5. The summed E-state index contributed by atoms with van der Waals surface area (Å²) in [5, 5.41) is 10.6. The maximum atomic E-state index is 14.2. The number of hydrogen-bond acceptors (Lipinski definition) is 4. The summed E-state index contributed by atoms with van der Waals surface area (Å²) in [7, 11) is 0. The molecule has 5 nitrogen and oxygen atoms in total. The van der Waals surface area contributed by atoms with E-state index >= 15 is 0 Å². The second kappa shape index (κ2) is 9.16. The van der Waals surface area contributed by atoms with Gasteiger partial charge in [-0.3, -0.25) is 4.79 Å². The van der Waals surface area contributed by atoms with E-state index in [1.165, 1.54) is 17.0 Å². The van der Waals surface area contributed by atoms with Crippen molar-refractivity contribution in [3.8, 4) is 6.07 Å². The van der Waals surface area contributed by atoms with Crippen LogP contribution in [-0.2, 0) is 21.4 Å². The number of carbonyl (C=O) groups is 1. The quantitative estimate of drug-likeness (QED) is 0.412. The first-order valence-corrected chi connectivity index (χ1v) is 11.2. The van der Waals surface area contributed by atoms with Gasteiger partial charge in [-0.1, -0.05) is 52.6 Å². The minimum absolute atomic E-state index is 0.00900. The number of nitriles is 1. The normalized spacial score (nSPS) is 20.4. The predicted octanol–water partition coefficient (Wildman–Crippen LogP) is 6.43. The lowest BCUT2D eigenvalue weighted by Crippen LogP contribution is -2.48. The van der Waals surface area contributed by atoms with Gasteiger partial charge in [0.15, 0.2) is 0 Å². The van der Waals surface area contributed by atoms with Gasteiger partial charge < -0.3 is 9.74 Å². The van der Waals surface area contributed by atoms with Gasteiger partial charge in [0.25, 0.3) is 5.60 Å². The van der Waals surface area contributed by atoms with Crippen LogP contribution in [0.4, 0.5) is 26.3 Å². The van der Waals surface area contributed by atoms with Crippen molar-refractivity contribution in [3.63, 3.8) is 0 Å². The van der Waals surface area contributed by atoms with Crippen molar-refractivity contribution in [2.45, 2.75) is 36.7 Å². The average molecular weight is 550 g/mol. The smallest absolute Gasteiger partial charge is 0.374 e. The molecule has 1 atom stereocenters. The van der Waals surface area contributed by atoms with E-state index in [9.17, 15) is 31.1 Å². The van der Waals surface area contributed by atoms with Gasteiger partial charge in [0, 0.05) is 31.0 Å². The number of likely N-dealkylation sites (tertiary alicyclic amines) is 1. The fourth-order valence-electron chi connectivity index (χ4n) is 4.11. The SMILES string of the molecule is N#CCC(=O)N1CC(c2ccc(C3=NOC(c4cc(Cl)c(Cl)c(C(F)(F)F)c4)(C(F)(F)F)C3)cc2)C1. The first kappa shape index (κ1) is 26.1. The van der Waals surface area contributed by atoms with Crippen LogP contribution in [0.15, 0.2) is 41.6 Å². The zero-order valence-corrected chi connectivity index (χ0v) is 19.6. The molecule has 36 heavy (non-hydrogen) atoms. The Morgan fingerprint density at radius 3 is 2.33 bits per heavy atom. The number of alkyl halides is 6. The van der Waals surface area contributed by atoms with E-state index in [4.69, 9.17) is 33.3 Å². The Morgan fingerprint density at radius 2 is 1.78 bits per heavy atom. The lowest BCUT2D eigenvalue weighted by molar-refractivity contribution is -0.276. The van der Waals surface area contributed by atoms with Crippen molar-refractivity contribution in [2.75, 3.05) is 13.1 Å². The summed E-state index contributed by atoms with van der Waals surface area (Å²) >= 11 is 11.4. The highest BCUT2D eigenvalue weighted by Crippen LogP contribution is 2.51. The molecule has 2 aliphatic heterocycles. The molecule has 2 aromatic rings. The zero-order valence-electron chi connectivity index (χ0n) is 18.1. The van der Waals surface area contributed by atoms with Crippen LogP contribution in [0.25, 0.3) is 0 Å². The third-order valence-corrected chi connectivity index (χ3v) is 6.97. The lowest BCUT2D eigenvalue weighted by Gasteiger charge is -2.39. The van der Waals surface area contributed by atoms with Crippen LogP contribution in [0.2, 0.25) is 10.0 Å². The average Bonchev–Trinajstić information content (AvgIpc) is 3.21. The summed E-state index contributed by atoms with van der Waals surface area (Å²) in [5.74, 6) is -0.267. The van der Waals surface area contributed by atoms with Gasteiger partial charge in [-0.25, -0.2) is 0 Å². The van der Waals surface area contributed by atoms with Gasteiger partial charge in [-0.2, -0.15) is 31.6 Å². The van der Waals surface area contributed by atoms with Gasteiger partial charge in [0.1, 0.15) is 6.42 Å². The minimum atomic E-state index is -5.14. The minimum Gasteiger partial charge on any atom is -0.374 e. The van der Waals surface area contributed by atoms with Crippen molar-refractivity contribution in [1.29, 1.82) is 5.26 Å². The summed E-state index contributed by atoms with van der Waals surface area (Å²) in [5.41, 5.74) is -4.57. The summed E-state index contributed by atoms with van der Waals surface area (Å²) in [6.07, 6.45) is -11.3. The third kappa shape index (κ3) is 4.60. The van der Waals surface area contributed by atoms with Crippen LogP contribution < -0.4 is 0 Å². The Balaban J connectivity index is 1.57. The Morgan fingerprint density at radius 1 is 1.14 bits per heavy atom. The Bertz CT molecular complexity index is 1260. The summed E-state index contributed by atoms with van der Waals surface area (Å²) in [4.78, 5) is 18.1. The molecule has 4 rings (SSSR count). The molecule has 1 fully saturated rings. The number of oxime groups is 1. The van der Waals surface area contributed by atoms with Crippen molar-refractivity contribution in [2.24, 2.45) is 5.16 Å². The van der Waals surface area contributed by atoms with Crippen LogP contribution in [0, 0.1) is 11.3 Å². The second-order valence-electron chi connectivity index (χ2n) is 8.40. The number of rotatable bonds is 4. The van der Waals surface area contributed by atoms with Gasteiger partial charge >= 0.3 is 12.4 Å². The fraction of sp³-hybridized carbons (Fsp3) is 0.348. The van der Waals surface area contributed by atoms with Crippen LogP contribution in [-0.4, -0.2) is 35.8 Å². The molecule has 0 aliphatic carbocycles. The van der Waals surface area contributed by atoms with E-state index in [0.29, 0.717) is 19.2 Å². The van der Waals surface area contributed by atoms with Gasteiger partial charge in [-0.15, -0.1) is 0 Å². The molecule has 0 saturated carbocycles. The zero-order chi connectivity index (χ0) is 26.5. The summed E-state index contributed by atoms with van der Waals surface area (Å²) < 4.78 is 82.8. The number of nitrogens with zero attached hydrogens (tertiary/aromatic N) is 3. The molecule has 2 heterocycles. The first-order chi connectivity index (χ1) is 16.8. The standard InChI is InChI=1S/C23H15Cl2F6N3O2/c24-17-8-15(7-16(20(17)25)22(26,27)28)21(23(29,30)31)9-18(33-36-21)13-3-1-12(2-4-13)14-10-34(11-14)19(35)5-6-32/h1-4,7-8,14H,5,9-11H2. The van der Waals surface area contributed by atoms with E-state index in [0.717, 1.165) is 5.56 Å². The molecule has 0 spiro atoms. The van der Waals surface area contributed by atoms with Crippen molar-refractivity contribution < 1.29 is 36.0 Å². The Hall–Kier alpha value is -2.97. The maximum Gasteiger partial charge on any atom is 0.435 e.